The smallest absolute Gasteiger partial charge is 0.497 e. The van der Waals surface area contributed by atoms with Crippen LogP contribution < -0.4 is 4.74 Å². The van der Waals surface area contributed by atoms with Gasteiger partial charge in [-0.15, -0.1) is 0 Å². The Hall–Kier alpha value is -4.63. The van der Waals surface area contributed by atoms with Crippen molar-refractivity contribution in [3.05, 3.63) is 99.7 Å². The number of amides is 2. The number of benzene rings is 3. The summed E-state index contributed by atoms with van der Waals surface area (Å²) < 4.78 is 17.3. The lowest BCUT2D eigenvalue weighted by Gasteiger charge is -2.14. The zero-order valence-electron chi connectivity index (χ0n) is 20.4. The quantitative estimate of drug-likeness (QED) is 0.248. The number of carbonyl (C=O) groups excluding carboxylic acids is 4. The van der Waals surface area contributed by atoms with Crippen LogP contribution in [0, 0.1) is 6.92 Å². The SMILES string of the molecule is COc1ccc2c(c1)c(COC(=O)OCN1C(=O)c3ccccc3C1=O)c(C)n2C(=O)c1ccc(Cl)cc1. The predicted octanol–water partition coefficient (Wildman–Crippen LogP) is 5.21. The second-order valence-corrected chi connectivity index (χ2v) is 8.93. The Kier molecular flexibility index (Phi) is 6.61. The van der Waals surface area contributed by atoms with Gasteiger partial charge in [-0.25, -0.2) is 9.69 Å². The number of methoxy groups -OCH3 is 1. The Labute approximate surface area is 222 Å². The largest absolute Gasteiger partial charge is 0.510 e. The van der Waals surface area contributed by atoms with Crippen LogP contribution in [-0.2, 0) is 16.1 Å². The maximum Gasteiger partial charge on any atom is 0.510 e. The molecule has 3 aromatic carbocycles. The zero-order valence-corrected chi connectivity index (χ0v) is 21.2. The Morgan fingerprint density at radius 1 is 0.895 bits per heavy atom. The van der Waals surface area contributed by atoms with Gasteiger partial charge in [-0.1, -0.05) is 23.7 Å². The van der Waals surface area contributed by atoms with Gasteiger partial charge >= 0.3 is 6.16 Å². The molecule has 38 heavy (non-hydrogen) atoms. The first-order valence-electron chi connectivity index (χ1n) is 11.5. The van der Waals surface area contributed by atoms with Crippen molar-refractivity contribution in [2.45, 2.75) is 13.5 Å². The average molecular weight is 533 g/mol. The van der Waals surface area contributed by atoms with Crippen LogP contribution in [0.1, 0.15) is 42.3 Å². The fourth-order valence-corrected chi connectivity index (χ4v) is 4.53. The van der Waals surface area contributed by atoms with Gasteiger partial charge in [-0.05, 0) is 61.5 Å². The van der Waals surface area contributed by atoms with Crippen LogP contribution in [-0.4, -0.2) is 47.2 Å². The first kappa shape index (κ1) is 25.0. The van der Waals surface area contributed by atoms with Crippen molar-refractivity contribution in [2.75, 3.05) is 13.8 Å². The second-order valence-electron chi connectivity index (χ2n) is 8.49. The Bertz CT molecular complexity index is 1570. The molecule has 0 saturated heterocycles. The molecule has 0 unspecified atom stereocenters. The summed E-state index contributed by atoms with van der Waals surface area (Å²) in [6.07, 6.45) is -1.08. The van der Waals surface area contributed by atoms with Crippen LogP contribution >= 0.6 is 11.6 Å². The Balaban J connectivity index is 1.35. The number of carbonyl (C=O) groups is 4. The highest BCUT2D eigenvalue weighted by Crippen LogP contribution is 2.31. The average Bonchev–Trinajstić information content (AvgIpc) is 3.34. The van der Waals surface area contributed by atoms with Crippen LogP contribution in [0.15, 0.2) is 66.7 Å². The fourth-order valence-electron chi connectivity index (χ4n) is 4.40. The van der Waals surface area contributed by atoms with Crippen LogP contribution in [0.4, 0.5) is 4.79 Å². The monoisotopic (exact) mass is 532 g/mol. The lowest BCUT2D eigenvalue weighted by Crippen LogP contribution is -2.33. The number of hydrogen-bond acceptors (Lipinski definition) is 7. The number of hydrogen-bond donors (Lipinski definition) is 0. The minimum atomic E-state index is -1.08. The zero-order chi connectivity index (χ0) is 27.0. The number of aromatic nitrogens is 1. The van der Waals surface area contributed by atoms with E-state index in [2.05, 4.69) is 0 Å². The van der Waals surface area contributed by atoms with Crippen molar-refractivity contribution < 1.29 is 33.4 Å². The van der Waals surface area contributed by atoms with E-state index in [4.69, 9.17) is 25.8 Å². The summed E-state index contributed by atoms with van der Waals surface area (Å²) in [5.74, 6) is -0.827. The van der Waals surface area contributed by atoms with Gasteiger partial charge in [0.2, 0.25) is 0 Å². The van der Waals surface area contributed by atoms with E-state index in [0.29, 0.717) is 38.5 Å². The van der Waals surface area contributed by atoms with Crippen molar-refractivity contribution in [3.8, 4) is 5.75 Å². The number of imide groups is 1. The highest BCUT2D eigenvalue weighted by Gasteiger charge is 2.36. The molecule has 0 fully saturated rings. The molecule has 4 aromatic rings. The van der Waals surface area contributed by atoms with Gasteiger partial charge in [-0.3, -0.25) is 19.0 Å². The minimum Gasteiger partial charge on any atom is -0.497 e. The minimum absolute atomic E-state index is 0.225. The number of rotatable bonds is 6. The van der Waals surface area contributed by atoms with E-state index in [1.807, 2.05) is 0 Å². The number of nitrogens with zero attached hydrogens (tertiary/aromatic N) is 2. The molecule has 1 aliphatic heterocycles. The van der Waals surface area contributed by atoms with Crippen molar-refractivity contribution in [3.63, 3.8) is 0 Å². The first-order chi connectivity index (χ1) is 18.3. The molecule has 192 valence electrons. The van der Waals surface area contributed by atoms with E-state index in [-0.39, 0.29) is 23.6 Å². The second kappa shape index (κ2) is 10.0. The highest BCUT2D eigenvalue weighted by atomic mass is 35.5. The molecule has 10 heteroatoms. The van der Waals surface area contributed by atoms with E-state index >= 15 is 0 Å². The van der Waals surface area contributed by atoms with Crippen LogP contribution in [0.2, 0.25) is 5.02 Å². The van der Waals surface area contributed by atoms with Crippen molar-refractivity contribution in [1.82, 2.24) is 9.47 Å². The van der Waals surface area contributed by atoms with Crippen molar-refractivity contribution in [2.24, 2.45) is 0 Å². The standard InChI is InChI=1S/C28H21ClN2O7/c1-16-23(14-37-28(35)38-15-30-26(33)20-5-3-4-6-21(20)27(30)34)22-13-19(36-2)11-12-24(22)31(16)25(32)17-7-9-18(29)10-8-17/h3-13H,14-15H2,1-2H3. The lowest BCUT2D eigenvalue weighted by molar-refractivity contribution is 0.0140. The molecule has 1 aromatic heterocycles. The van der Waals surface area contributed by atoms with Gasteiger partial charge in [-0.2, -0.15) is 0 Å². The molecule has 0 N–H and O–H groups in total. The van der Waals surface area contributed by atoms with Crippen LogP contribution in [0.25, 0.3) is 10.9 Å². The molecule has 5 rings (SSSR count). The topological polar surface area (TPSA) is 104 Å². The summed E-state index contributed by atoms with van der Waals surface area (Å²) in [5.41, 5.74) is 2.65. The third-order valence-corrected chi connectivity index (χ3v) is 6.61. The van der Waals surface area contributed by atoms with E-state index in [9.17, 15) is 19.2 Å². The van der Waals surface area contributed by atoms with E-state index < -0.39 is 24.7 Å². The summed E-state index contributed by atoms with van der Waals surface area (Å²) in [4.78, 5) is 51.6. The molecular formula is C28H21ClN2O7. The van der Waals surface area contributed by atoms with Crippen molar-refractivity contribution >= 4 is 46.4 Å². The number of halogens is 1. The lowest BCUT2D eigenvalue weighted by atomic mass is 10.1. The summed E-state index contributed by atoms with van der Waals surface area (Å²) in [5, 5.41) is 1.16. The van der Waals surface area contributed by atoms with Gasteiger partial charge in [0.05, 0.1) is 23.8 Å². The Morgan fingerprint density at radius 2 is 1.55 bits per heavy atom. The third kappa shape index (κ3) is 4.37. The summed E-state index contributed by atoms with van der Waals surface area (Å²) >= 11 is 5.97. The molecule has 0 atom stereocenters. The highest BCUT2D eigenvalue weighted by molar-refractivity contribution is 6.30. The molecular weight excluding hydrogens is 512 g/mol. The molecule has 0 bridgehead atoms. The maximum atomic E-state index is 13.4. The molecule has 0 aliphatic carbocycles. The molecule has 2 heterocycles. The Morgan fingerprint density at radius 3 is 2.18 bits per heavy atom. The molecule has 0 spiro atoms. The van der Waals surface area contributed by atoms with Crippen molar-refractivity contribution in [1.29, 1.82) is 0 Å². The van der Waals surface area contributed by atoms with Crippen LogP contribution in [0.5, 0.6) is 5.75 Å². The van der Waals surface area contributed by atoms with Crippen LogP contribution in [0.3, 0.4) is 0 Å². The van der Waals surface area contributed by atoms with Gasteiger partial charge in [0.25, 0.3) is 17.7 Å². The van der Waals surface area contributed by atoms with E-state index in [1.165, 1.54) is 23.8 Å². The maximum absolute atomic E-state index is 13.4. The van der Waals surface area contributed by atoms with Gasteiger partial charge in [0, 0.05) is 27.2 Å². The normalized spacial score (nSPS) is 12.6. The molecule has 0 radical (unpaired) electrons. The first-order valence-corrected chi connectivity index (χ1v) is 11.9. The van der Waals surface area contributed by atoms with Gasteiger partial charge in [0.15, 0.2) is 6.73 Å². The van der Waals surface area contributed by atoms with Gasteiger partial charge in [0.1, 0.15) is 12.4 Å². The van der Waals surface area contributed by atoms with E-state index in [1.54, 1.807) is 61.5 Å². The predicted molar refractivity (Wildman–Crippen MR) is 137 cm³/mol. The summed E-state index contributed by atoms with van der Waals surface area (Å²) in [7, 11) is 1.52. The van der Waals surface area contributed by atoms with Gasteiger partial charge < -0.3 is 14.2 Å². The number of ether oxygens (including phenoxy) is 3. The summed E-state index contributed by atoms with van der Waals surface area (Å²) in [6, 6.07) is 18.1. The third-order valence-electron chi connectivity index (χ3n) is 6.36. The molecule has 0 saturated carbocycles. The molecule has 1 aliphatic rings. The number of fused-ring (bicyclic) bond motifs is 2. The summed E-state index contributed by atoms with van der Waals surface area (Å²) in [6.45, 7) is 0.926. The molecule has 9 nitrogen and oxygen atoms in total. The fraction of sp³-hybridized carbons (Fsp3) is 0.143. The molecule has 2 amide bonds. The van der Waals surface area contributed by atoms with E-state index in [0.717, 1.165) is 4.90 Å².